The number of rotatable bonds is 4. The molecule has 1 fully saturated rings. The molecule has 3 heterocycles. The third-order valence-corrected chi connectivity index (χ3v) is 5.98. The predicted molar refractivity (Wildman–Crippen MR) is 119 cm³/mol. The largest absolute Gasteiger partial charge is 0.452 e. The lowest BCUT2D eigenvalue weighted by atomic mass is 9.99. The number of fused-ring (bicyclic) bond motifs is 1. The molecule has 0 bridgehead atoms. The summed E-state index contributed by atoms with van der Waals surface area (Å²) in [5.41, 5.74) is 1.10. The maximum atomic E-state index is 12.5. The summed E-state index contributed by atoms with van der Waals surface area (Å²) in [6.45, 7) is -0.343. The zero-order valence-electron chi connectivity index (χ0n) is 16.7. The normalized spacial score (nSPS) is 27.0. The Balaban J connectivity index is 1.49. The number of esters is 1. The zero-order valence-corrected chi connectivity index (χ0v) is 19.0. The molecule has 0 radical (unpaired) electrons. The van der Waals surface area contributed by atoms with Crippen molar-refractivity contribution >= 4 is 52.3 Å². The molecule has 2 aromatic rings. The van der Waals surface area contributed by atoms with E-state index in [9.17, 15) is 25.2 Å². The van der Waals surface area contributed by atoms with Crippen LogP contribution in [0.4, 0.5) is 5.69 Å². The molecule has 0 amide bonds. The lowest BCUT2D eigenvalue weighted by Gasteiger charge is -2.39. The first-order valence-corrected chi connectivity index (χ1v) is 10.8. The molecule has 33 heavy (non-hydrogen) atoms. The highest BCUT2D eigenvalue weighted by atomic mass is 35.5. The van der Waals surface area contributed by atoms with E-state index in [4.69, 9.17) is 49.6 Å². The smallest absolute Gasteiger partial charge is 0.357 e. The first-order chi connectivity index (χ1) is 15.7. The Morgan fingerprint density at radius 1 is 1.24 bits per heavy atom. The second-order valence-electron chi connectivity index (χ2n) is 7.33. The number of aliphatic hydroxyl groups is 4. The van der Waals surface area contributed by atoms with Gasteiger partial charge in [0.25, 0.3) is 5.17 Å². The molecule has 1 saturated heterocycles. The van der Waals surface area contributed by atoms with Crippen LogP contribution in [0.25, 0.3) is 0 Å². The third-order valence-electron chi connectivity index (χ3n) is 5.18. The lowest BCUT2D eigenvalue weighted by Crippen LogP contribution is -2.59. The van der Waals surface area contributed by atoms with Gasteiger partial charge in [-0.3, -0.25) is 4.90 Å². The van der Waals surface area contributed by atoms with Gasteiger partial charge in [-0.2, -0.15) is 0 Å². The van der Waals surface area contributed by atoms with E-state index < -0.39 is 43.3 Å². The van der Waals surface area contributed by atoms with Gasteiger partial charge in [-0.05, 0) is 36.5 Å². The van der Waals surface area contributed by atoms with Crippen LogP contribution >= 0.6 is 35.4 Å². The first kappa shape index (κ1) is 24.0. The van der Waals surface area contributed by atoms with Crippen molar-refractivity contribution in [2.24, 2.45) is 0 Å². The standard InChI is InChI=1S/C20H18Cl2N2O8S/c21-9-3-8-6-24(20(33)32-16(8)11(22)4-9)10-1-2-12(23-5-10)18(28)31-17-14(26)13(7-25)30-19(29)15(17)27/h1-5,13-15,17,19,25-27,29H,6-7H2/t13-,14-,15-,17+,19?/m1/s1. The van der Waals surface area contributed by atoms with Gasteiger partial charge in [0.1, 0.15) is 24.0 Å². The minimum atomic E-state index is -1.75. The number of anilines is 1. The van der Waals surface area contributed by atoms with Gasteiger partial charge in [0, 0.05) is 10.6 Å². The molecule has 5 atom stereocenters. The molecule has 0 aliphatic carbocycles. The Labute approximate surface area is 202 Å². The molecule has 4 rings (SSSR count). The molecule has 4 N–H and O–H groups in total. The summed E-state index contributed by atoms with van der Waals surface area (Å²) in [5, 5.41) is 40.0. The fourth-order valence-electron chi connectivity index (χ4n) is 3.48. The van der Waals surface area contributed by atoms with Crippen LogP contribution in [0.15, 0.2) is 30.5 Å². The number of benzene rings is 1. The summed E-state index contributed by atoms with van der Waals surface area (Å²) >= 11 is 17.5. The molecule has 0 spiro atoms. The Morgan fingerprint density at radius 3 is 2.67 bits per heavy atom. The molecule has 2 aliphatic rings. The quantitative estimate of drug-likeness (QED) is 0.341. The highest BCUT2D eigenvalue weighted by Gasteiger charge is 2.46. The summed E-state index contributed by atoms with van der Waals surface area (Å²) in [6, 6.07) is 6.17. The number of hydrogen-bond donors (Lipinski definition) is 4. The van der Waals surface area contributed by atoms with Crippen LogP contribution in [0, 0.1) is 0 Å². The number of carbonyl (C=O) groups is 1. The van der Waals surface area contributed by atoms with E-state index in [1.165, 1.54) is 12.3 Å². The second kappa shape index (κ2) is 9.65. The van der Waals surface area contributed by atoms with Crippen molar-refractivity contribution in [1.82, 2.24) is 4.98 Å². The predicted octanol–water partition coefficient (Wildman–Crippen LogP) is 1.03. The highest BCUT2D eigenvalue weighted by Crippen LogP contribution is 2.37. The number of thiocarbonyl (C=S) groups is 1. The van der Waals surface area contributed by atoms with Crippen LogP contribution in [0.1, 0.15) is 16.1 Å². The van der Waals surface area contributed by atoms with Crippen molar-refractivity contribution in [3.05, 3.63) is 51.8 Å². The Morgan fingerprint density at radius 2 is 2.00 bits per heavy atom. The fraction of sp³-hybridized carbons (Fsp3) is 0.350. The Hall–Kier alpha value is -2.09. The number of carbonyl (C=O) groups excluding carboxylic acids is 1. The number of pyridine rings is 1. The summed E-state index contributed by atoms with van der Waals surface area (Å²) in [7, 11) is 0. The summed E-state index contributed by atoms with van der Waals surface area (Å²) < 4.78 is 15.7. The van der Waals surface area contributed by atoms with Gasteiger partial charge in [-0.15, -0.1) is 0 Å². The average molecular weight is 517 g/mol. The van der Waals surface area contributed by atoms with Gasteiger partial charge in [0.15, 0.2) is 18.1 Å². The molecule has 13 heteroatoms. The van der Waals surface area contributed by atoms with Crippen molar-refractivity contribution in [3.8, 4) is 5.75 Å². The van der Waals surface area contributed by atoms with Crippen molar-refractivity contribution < 1.29 is 39.4 Å². The van der Waals surface area contributed by atoms with Crippen molar-refractivity contribution in [1.29, 1.82) is 0 Å². The van der Waals surface area contributed by atoms with E-state index in [1.54, 1.807) is 23.1 Å². The molecular weight excluding hydrogens is 499 g/mol. The number of aliphatic hydroxyl groups excluding tert-OH is 4. The minimum absolute atomic E-state index is 0.126. The van der Waals surface area contributed by atoms with E-state index in [-0.39, 0.29) is 10.9 Å². The van der Waals surface area contributed by atoms with Crippen LogP contribution in [0.2, 0.25) is 10.0 Å². The van der Waals surface area contributed by atoms with Gasteiger partial charge in [0.2, 0.25) is 0 Å². The molecule has 2 aliphatic heterocycles. The van der Waals surface area contributed by atoms with Crippen molar-refractivity contribution in [3.63, 3.8) is 0 Å². The zero-order chi connectivity index (χ0) is 23.9. The van der Waals surface area contributed by atoms with Crippen LogP contribution in [-0.2, 0) is 16.0 Å². The molecule has 1 unspecified atom stereocenters. The maximum absolute atomic E-state index is 12.5. The van der Waals surface area contributed by atoms with Crippen molar-refractivity contribution in [2.45, 2.75) is 37.3 Å². The molecule has 0 saturated carbocycles. The molecule has 176 valence electrons. The van der Waals surface area contributed by atoms with Crippen LogP contribution in [-0.4, -0.2) is 73.9 Å². The summed E-state index contributed by atoms with van der Waals surface area (Å²) in [4.78, 5) is 18.2. The van der Waals surface area contributed by atoms with Gasteiger partial charge < -0.3 is 34.6 Å². The Bertz CT molecular complexity index is 1070. The number of halogens is 2. The number of hydrogen-bond acceptors (Lipinski definition) is 10. The van der Waals surface area contributed by atoms with Crippen LogP contribution < -0.4 is 9.64 Å². The molecule has 1 aromatic heterocycles. The monoisotopic (exact) mass is 516 g/mol. The highest BCUT2D eigenvalue weighted by molar-refractivity contribution is 7.80. The van der Waals surface area contributed by atoms with E-state index in [2.05, 4.69) is 4.98 Å². The topological polar surface area (TPSA) is 142 Å². The van der Waals surface area contributed by atoms with Crippen LogP contribution in [0.5, 0.6) is 5.75 Å². The van der Waals surface area contributed by atoms with Gasteiger partial charge in [-0.1, -0.05) is 23.2 Å². The van der Waals surface area contributed by atoms with E-state index in [1.807, 2.05) is 0 Å². The van der Waals surface area contributed by atoms with Gasteiger partial charge in [0.05, 0.1) is 30.1 Å². The third kappa shape index (κ3) is 4.77. The van der Waals surface area contributed by atoms with E-state index in [0.29, 0.717) is 33.6 Å². The summed E-state index contributed by atoms with van der Waals surface area (Å²) in [6.07, 6.45) is -6.42. The van der Waals surface area contributed by atoms with Gasteiger partial charge in [-0.25, -0.2) is 9.78 Å². The number of aromatic nitrogens is 1. The Kier molecular flexibility index (Phi) is 7.03. The van der Waals surface area contributed by atoms with Crippen molar-refractivity contribution in [2.75, 3.05) is 11.5 Å². The number of ether oxygens (including phenoxy) is 3. The lowest BCUT2D eigenvalue weighted by molar-refractivity contribution is -0.285. The fourth-order valence-corrected chi connectivity index (χ4v) is 4.30. The molecular formula is C20H18Cl2N2O8S. The summed E-state index contributed by atoms with van der Waals surface area (Å²) in [5.74, 6) is -0.538. The van der Waals surface area contributed by atoms with Gasteiger partial charge >= 0.3 is 5.97 Å². The van der Waals surface area contributed by atoms with E-state index in [0.717, 1.165) is 0 Å². The minimum Gasteiger partial charge on any atom is -0.452 e. The number of nitrogens with zero attached hydrogens (tertiary/aromatic N) is 2. The first-order valence-electron chi connectivity index (χ1n) is 9.64. The SMILES string of the molecule is O=C(O[C@H]1[C@H](O)[C@@H](CO)OC(O)[C@@H]1O)c1ccc(N2Cc3cc(Cl)cc(Cl)c3OC2=S)cn1. The van der Waals surface area contributed by atoms with Crippen LogP contribution in [0.3, 0.4) is 0 Å². The molecule has 1 aromatic carbocycles. The maximum Gasteiger partial charge on any atom is 0.357 e. The average Bonchev–Trinajstić information content (AvgIpc) is 2.79. The second-order valence-corrected chi connectivity index (χ2v) is 8.52. The molecule has 10 nitrogen and oxygen atoms in total. The van der Waals surface area contributed by atoms with E-state index >= 15 is 0 Å².